The van der Waals surface area contributed by atoms with Crippen molar-refractivity contribution in [3.8, 4) is 0 Å². The summed E-state index contributed by atoms with van der Waals surface area (Å²) < 4.78 is 32.0. The van der Waals surface area contributed by atoms with E-state index in [1.807, 2.05) is 42.5 Å². The number of aryl methyl sites for hydroxylation is 2. The molecule has 1 amide bonds. The smallest absolute Gasteiger partial charge is 0.267 e. The summed E-state index contributed by atoms with van der Waals surface area (Å²) in [4.78, 5) is 20.0. The van der Waals surface area contributed by atoms with Crippen molar-refractivity contribution in [1.29, 1.82) is 0 Å². The van der Waals surface area contributed by atoms with Crippen LogP contribution in [0.4, 0.5) is 8.78 Å². The zero-order chi connectivity index (χ0) is 22.5. The van der Waals surface area contributed by atoms with Gasteiger partial charge in [-0.25, -0.2) is 19.2 Å². The van der Waals surface area contributed by atoms with E-state index in [0.29, 0.717) is 24.4 Å². The van der Waals surface area contributed by atoms with Crippen molar-refractivity contribution in [3.63, 3.8) is 0 Å². The minimum atomic E-state index is -0.853. The number of nitrogens with one attached hydrogen (secondary N) is 1. The van der Waals surface area contributed by atoms with Gasteiger partial charge in [0.1, 0.15) is 22.7 Å². The van der Waals surface area contributed by atoms with E-state index in [0.717, 1.165) is 23.8 Å². The SMILES string of the molecule is O=C(C=Cc1cc(F)c2c(nc(CCc3ccccc3)n2Cc2ccccn2)c1F)NO. The lowest BCUT2D eigenvalue weighted by Crippen LogP contribution is -2.14. The lowest BCUT2D eigenvalue weighted by atomic mass is 10.1. The van der Waals surface area contributed by atoms with Gasteiger partial charge >= 0.3 is 0 Å². The second-order valence-corrected chi connectivity index (χ2v) is 7.19. The lowest BCUT2D eigenvalue weighted by molar-refractivity contribution is -0.124. The molecule has 8 heteroatoms. The molecule has 0 spiro atoms. The third-order valence-electron chi connectivity index (χ3n) is 5.07. The number of carbonyl (C=O) groups is 1. The topological polar surface area (TPSA) is 80.0 Å². The van der Waals surface area contributed by atoms with Crippen molar-refractivity contribution >= 4 is 23.0 Å². The highest BCUT2D eigenvalue weighted by atomic mass is 19.1. The summed E-state index contributed by atoms with van der Waals surface area (Å²) in [5.74, 6) is -1.74. The Morgan fingerprint density at radius 2 is 1.88 bits per heavy atom. The zero-order valence-corrected chi connectivity index (χ0v) is 17.0. The minimum Gasteiger partial charge on any atom is -0.319 e. The van der Waals surface area contributed by atoms with Crippen LogP contribution in [0.25, 0.3) is 17.1 Å². The Hall–Kier alpha value is -3.91. The van der Waals surface area contributed by atoms with Gasteiger partial charge in [-0.2, -0.15) is 0 Å². The van der Waals surface area contributed by atoms with Crippen LogP contribution in [-0.2, 0) is 24.2 Å². The molecule has 0 atom stereocenters. The number of halogens is 2. The van der Waals surface area contributed by atoms with Crippen molar-refractivity contribution < 1.29 is 18.8 Å². The van der Waals surface area contributed by atoms with Crippen molar-refractivity contribution in [2.24, 2.45) is 0 Å². The number of imidazole rings is 1. The standard InChI is InChI=1S/C24H20F2N4O2/c25-19-14-17(10-12-21(31)29-32)22(26)23-24(19)30(15-18-8-4-5-13-27-18)20(28-23)11-9-16-6-2-1-3-7-16/h1-8,10,12-14,32H,9,11,15H2,(H,29,31). The molecule has 32 heavy (non-hydrogen) atoms. The third kappa shape index (κ3) is 4.55. The fourth-order valence-electron chi connectivity index (χ4n) is 3.54. The third-order valence-corrected chi connectivity index (χ3v) is 5.07. The molecule has 0 fully saturated rings. The van der Waals surface area contributed by atoms with E-state index in [-0.39, 0.29) is 23.1 Å². The Bertz CT molecular complexity index is 1270. The summed E-state index contributed by atoms with van der Waals surface area (Å²) >= 11 is 0. The first-order valence-corrected chi connectivity index (χ1v) is 10.00. The number of aromatic nitrogens is 3. The number of rotatable bonds is 7. The minimum absolute atomic E-state index is 0.0416. The Kier molecular flexibility index (Phi) is 6.32. The van der Waals surface area contributed by atoms with Crippen molar-refractivity contribution in [2.45, 2.75) is 19.4 Å². The molecule has 0 saturated carbocycles. The van der Waals surface area contributed by atoms with Crippen LogP contribution in [0.15, 0.2) is 66.9 Å². The Morgan fingerprint density at radius 3 is 2.59 bits per heavy atom. The average molecular weight is 434 g/mol. The molecule has 2 N–H and O–H groups in total. The number of fused-ring (bicyclic) bond motifs is 1. The molecule has 0 aliphatic heterocycles. The predicted molar refractivity (Wildman–Crippen MR) is 116 cm³/mol. The zero-order valence-electron chi connectivity index (χ0n) is 17.0. The summed E-state index contributed by atoms with van der Waals surface area (Å²) in [5, 5.41) is 8.60. The second-order valence-electron chi connectivity index (χ2n) is 7.19. The highest BCUT2D eigenvalue weighted by molar-refractivity contribution is 5.91. The summed E-state index contributed by atoms with van der Waals surface area (Å²) in [6.45, 7) is 0.236. The van der Waals surface area contributed by atoms with Crippen LogP contribution in [-0.4, -0.2) is 25.6 Å². The highest BCUT2D eigenvalue weighted by Gasteiger charge is 2.21. The van der Waals surface area contributed by atoms with Crippen LogP contribution in [0.3, 0.4) is 0 Å². The summed E-state index contributed by atoms with van der Waals surface area (Å²) in [7, 11) is 0. The van der Waals surface area contributed by atoms with E-state index in [9.17, 15) is 4.79 Å². The van der Waals surface area contributed by atoms with Crippen molar-refractivity contribution in [2.75, 3.05) is 0 Å². The van der Waals surface area contributed by atoms with Gasteiger partial charge in [-0.05, 0) is 36.3 Å². The summed E-state index contributed by atoms with van der Waals surface area (Å²) in [6, 6.07) is 16.2. The Morgan fingerprint density at radius 1 is 1.09 bits per heavy atom. The fraction of sp³-hybridized carbons (Fsp3) is 0.125. The van der Waals surface area contributed by atoms with E-state index < -0.39 is 17.5 Å². The van der Waals surface area contributed by atoms with Gasteiger partial charge in [-0.15, -0.1) is 0 Å². The predicted octanol–water partition coefficient (Wildman–Crippen LogP) is 4.06. The normalized spacial score (nSPS) is 11.3. The van der Waals surface area contributed by atoms with Gasteiger partial charge in [-0.3, -0.25) is 15.0 Å². The molecule has 0 aliphatic carbocycles. The summed E-state index contributed by atoms with van der Waals surface area (Å²) in [5.41, 5.74) is 2.97. The van der Waals surface area contributed by atoms with Crippen LogP contribution in [0, 0.1) is 11.6 Å². The van der Waals surface area contributed by atoms with E-state index in [1.54, 1.807) is 16.8 Å². The number of hydroxylamine groups is 1. The highest BCUT2D eigenvalue weighted by Crippen LogP contribution is 2.27. The molecule has 2 aromatic heterocycles. The van der Waals surface area contributed by atoms with Crippen LogP contribution in [0.2, 0.25) is 0 Å². The molecule has 0 saturated heterocycles. The maximum absolute atomic E-state index is 15.2. The first-order valence-electron chi connectivity index (χ1n) is 10.00. The quantitative estimate of drug-likeness (QED) is 0.261. The number of pyridine rings is 1. The number of hydrogen-bond acceptors (Lipinski definition) is 4. The first-order chi connectivity index (χ1) is 15.6. The number of carbonyl (C=O) groups excluding carboxylic acids is 1. The van der Waals surface area contributed by atoms with Crippen molar-refractivity contribution in [1.82, 2.24) is 20.0 Å². The fourth-order valence-corrected chi connectivity index (χ4v) is 3.54. The molecule has 0 radical (unpaired) electrons. The summed E-state index contributed by atoms with van der Waals surface area (Å²) in [6.07, 6.45) is 4.77. The second kappa shape index (κ2) is 9.49. The van der Waals surface area contributed by atoms with Crippen LogP contribution in [0.5, 0.6) is 0 Å². The van der Waals surface area contributed by atoms with Gasteiger partial charge in [-0.1, -0.05) is 36.4 Å². The molecular weight excluding hydrogens is 414 g/mol. The van der Waals surface area contributed by atoms with E-state index in [1.165, 1.54) is 5.48 Å². The number of benzene rings is 2. The Labute approximate surface area is 182 Å². The Balaban J connectivity index is 1.79. The molecule has 4 rings (SSSR count). The average Bonchev–Trinajstić information content (AvgIpc) is 3.19. The largest absolute Gasteiger partial charge is 0.319 e. The van der Waals surface area contributed by atoms with Gasteiger partial charge in [0.15, 0.2) is 5.82 Å². The monoisotopic (exact) mass is 434 g/mol. The maximum atomic E-state index is 15.2. The maximum Gasteiger partial charge on any atom is 0.267 e. The molecule has 0 aliphatic rings. The van der Waals surface area contributed by atoms with Crippen molar-refractivity contribution in [3.05, 3.63) is 101 Å². The molecular formula is C24H20F2N4O2. The molecule has 4 aromatic rings. The molecule has 2 heterocycles. The number of amides is 1. The van der Waals surface area contributed by atoms with E-state index >= 15 is 8.78 Å². The first kappa shape index (κ1) is 21.3. The van der Waals surface area contributed by atoms with Crippen LogP contribution >= 0.6 is 0 Å². The van der Waals surface area contributed by atoms with Gasteiger partial charge in [0.2, 0.25) is 0 Å². The van der Waals surface area contributed by atoms with Crippen LogP contribution < -0.4 is 5.48 Å². The van der Waals surface area contributed by atoms with Crippen LogP contribution in [0.1, 0.15) is 22.6 Å². The molecule has 162 valence electrons. The van der Waals surface area contributed by atoms with E-state index in [2.05, 4.69) is 9.97 Å². The molecule has 2 aromatic carbocycles. The van der Waals surface area contributed by atoms with E-state index in [4.69, 9.17) is 5.21 Å². The molecule has 6 nitrogen and oxygen atoms in total. The van der Waals surface area contributed by atoms with Gasteiger partial charge in [0, 0.05) is 24.3 Å². The van der Waals surface area contributed by atoms with Gasteiger partial charge < -0.3 is 4.57 Å². The number of hydrogen-bond donors (Lipinski definition) is 2. The van der Waals surface area contributed by atoms with Gasteiger partial charge in [0.25, 0.3) is 5.91 Å². The number of nitrogens with zero attached hydrogens (tertiary/aromatic N) is 3. The molecule has 0 bridgehead atoms. The van der Waals surface area contributed by atoms with Gasteiger partial charge in [0.05, 0.1) is 12.2 Å². The molecule has 0 unspecified atom stereocenters. The lowest BCUT2D eigenvalue weighted by Gasteiger charge is -2.10.